The molecule has 2 N–H and O–H groups in total. The van der Waals surface area contributed by atoms with Crippen molar-refractivity contribution in [3.05, 3.63) is 0 Å². The van der Waals surface area contributed by atoms with Crippen LogP contribution in [0.5, 0.6) is 0 Å². The Kier molecular flexibility index (Phi) is 2.26. The van der Waals surface area contributed by atoms with Crippen LogP contribution in [-0.4, -0.2) is 47.2 Å². The van der Waals surface area contributed by atoms with Gasteiger partial charge in [-0.25, -0.2) is 0 Å². The van der Waals surface area contributed by atoms with Crippen LogP contribution in [0.4, 0.5) is 0 Å². The van der Waals surface area contributed by atoms with Gasteiger partial charge >= 0.3 is 5.97 Å². The minimum absolute atomic E-state index is 0.0758. The maximum atomic E-state index is 11.0. The number of aliphatic carboxylic acids is 1. The van der Waals surface area contributed by atoms with Gasteiger partial charge in [-0.3, -0.25) is 9.69 Å². The van der Waals surface area contributed by atoms with E-state index in [0.29, 0.717) is 6.04 Å². The highest BCUT2D eigenvalue weighted by molar-refractivity contribution is 5.74. The molecule has 2 heterocycles. The van der Waals surface area contributed by atoms with Gasteiger partial charge in [-0.1, -0.05) is 0 Å². The third kappa shape index (κ3) is 1.44. The van der Waals surface area contributed by atoms with E-state index in [4.69, 9.17) is 5.11 Å². The molecule has 0 amide bonds. The standard InChI is InChI=1S/C9H16N2O2/c1-6-8(9(12)13)11-4-2-3-7(11)5-10-6/h6-8,10H,2-5H2,1H3,(H,12,13). The van der Waals surface area contributed by atoms with Crippen LogP contribution in [0.3, 0.4) is 0 Å². The molecule has 2 aliphatic heterocycles. The molecule has 2 fully saturated rings. The van der Waals surface area contributed by atoms with E-state index in [-0.39, 0.29) is 12.1 Å². The molecule has 0 aromatic carbocycles. The Morgan fingerprint density at radius 2 is 2.38 bits per heavy atom. The van der Waals surface area contributed by atoms with Crippen LogP contribution in [0.1, 0.15) is 19.8 Å². The van der Waals surface area contributed by atoms with Crippen molar-refractivity contribution in [2.75, 3.05) is 13.1 Å². The van der Waals surface area contributed by atoms with E-state index in [1.807, 2.05) is 6.92 Å². The number of carboxylic acid groups (broad SMARTS) is 1. The Morgan fingerprint density at radius 3 is 3.08 bits per heavy atom. The molecule has 0 aliphatic carbocycles. The second kappa shape index (κ2) is 3.27. The molecule has 0 radical (unpaired) electrons. The van der Waals surface area contributed by atoms with E-state index in [1.54, 1.807) is 0 Å². The second-order valence-electron chi connectivity index (χ2n) is 4.01. The number of carbonyl (C=O) groups is 1. The summed E-state index contributed by atoms with van der Waals surface area (Å²) in [6.07, 6.45) is 2.28. The van der Waals surface area contributed by atoms with Crippen molar-refractivity contribution in [1.82, 2.24) is 10.2 Å². The van der Waals surface area contributed by atoms with Crippen LogP contribution >= 0.6 is 0 Å². The number of hydrogen-bond donors (Lipinski definition) is 2. The van der Waals surface area contributed by atoms with Crippen LogP contribution in [0.15, 0.2) is 0 Å². The van der Waals surface area contributed by atoms with Gasteiger partial charge in [-0.15, -0.1) is 0 Å². The minimum atomic E-state index is -0.688. The first kappa shape index (κ1) is 8.97. The molecular formula is C9H16N2O2. The molecule has 0 bridgehead atoms. The molecule has 4 heteroatoms. The fraction of sp³-hybridized carbons (Fsp3) is 0.889. The normalized spacial score (nSPS) is 40.2. The lowest BCUT2D eigenvalue weighted by Gasteiger charge is -2.39. The van der Waals surface area contributed by atoms with Crippen LogP contribution in [0.25, 0.3) is 0 Å². The molecule has 13 heavy (non-hydrogen) atoms. The van der Waals surface area contributed by atoms with E-state index in [9.17, 15) is 4.79 Å². The first-order valence-corrected chi connectivity index (χ1v) is 4.92. The lowest BCUT2D eigenvalue weighted by Crippen LogP contribution is -2.62. The predicted molar refractivity (Wildman–Crippen MR) is 48.6 cm³/mol. The number of hydrogen-bond acceptors (Lipinski definition) is 3. The van der Waals surface area contributed by atoms with Crippen LogP contribution in [0, 0.1) is 0 Å². The summed E-state index contributed by atoms with van der Waals surface area (Å²) >= 11 is 0. The fourth-order valence-electron chi connectivity index (χ4n) is 2.52. The maximum Gasteiger partial charge on any atom is 0.322 e. The summed E-state index contributed by atoms with van der Waals surface area (Å²) < 4.78 is 0. The van der Waals surface area contributed by atoms with Gasteiger partial charge in [-0.05, 0) is 26.3 Å². The quantitative estimate of drug-likeness (QED) is 0.597. The van der Waals surface area contributed by atoms with Crippen molar-refractivity contribution < 1.29 is 9.90 Å². The minimum Gasteiger partial charge on any atom is -0.480 e. The summed E-state index contributed by atoms with van der Waals surface area (Å²) in [6, 6.07) is 0.213. The van der Waals surface area contributed by atoms with Crippen molar-refractivity contribution in [2.24, 2.45) is 0 Å². The summed E-state index contributed by atoms with van der Waals surface area (Å²) in [7, 11) is 0. The summed E-state index contributed by atoms with van der Waals surface area (Å²) in [4.78, 5) is 13.2. The van der Waals surface area contributed by atoms with E-state index in [1.165, 1.54) is 0 Å². The lowest BCUT2D eigenvalue weighted by molar-refractivity contribution is -0.146. The molecule has 2 saturated heterocycles. The Hall–Kier alpha value is -0.610. The summed E-state index contributed by atoms with van der Waals surface area (Å²) in [5.74, 6) is -0.688. The van der Waals surface area contributed by atoms with Gasteiger partial charge in [-0.2, -0.15) is 0 Å². The van der Waals surface area contributed by atoms with Gasteiger partial charge in [0.05, 0.1) is 0 Å². The van der Waals surface area contributed by atoms with Crippen LogP contribution in [0.2, 0.25) is 0 Å². The van der Waals surface area contributed by atoms with E-state index >= 15 is 0 Å². The van der Waals surface area contributed by atoms with Crippen LogP contribution in [-0.2, 0) is 4.79 Å². The molecule has 74 valence electrons. The molecule has 0 aromatic rings. The van der Waals surface area contributed by atoms with Gasteiger partial charge in [0.2, 0.25) is 0 Å². The Morgan fingerprint density at radius 1 is 1.62 bits per heavy atom. The highest BCUT2D eigenvalue weighted by Gasteiger charge is 2.41. The largest absolute Gasteiger partial charge is 0.480 e. The van der Waals surface area contributed by atoms with Gasteiger partial charge in [0.1, 0.15) is 6.04 Å². The van der Waals surface area contributed by atoms with Crippen molar-refractivity contribution in [2.45, 2.75) is 37.9 Å². The molecule has 2 rings (SSSR count). The number of carboxylic acids is 1. The van der Waals surface area contributed by atoms with Crippen molar-refractivity contribution in [3.63, 3.8) is 0 Å². The van der Waals surface area contributed by atoms with E-state index in [2.05, 4.69) is 10.2 Å². The molecule has 0 spiro atoms. The monoisotopic (exact) mass is 184 g/mol. The maximum absolute atomic E-state index is 11.0. The number of nitrogens with one attached hydrogen (secondary N) is 1. The fourth-order valence-corrected chi connectivity index (χ4v) is 2.52. The van der Waals surface area contributed by atoms with E-state index < -0.39 is 5.97 Å². The van der Waals surface area contributed by atoms with Gasteiger partial charge in [0.25, 0.3) is 0 Å². The first-order chi connectivity index (χ1) is 6.20. The number of nitrogens with zero attached hydrogens (tertiary/aromatic N) is 1. The van der Waals surface area contributed by atoms with Crippen molar-refractivity contribution >= 4 is 5.97 Å². The molecule has 3 atom stereocenters. The predicted octanol–water partition coefficient (Wildman–Crippen LogP) is -0.104. The summed E-state index contributed by atoms with van der Waals surface area (Å²) in [5.41, 5.74) is 0. The van der Waals surface area contributed by atoms with Gasteiger partial charge < -0.3 is 10.4 Å². The zero-order valence-electron chi connectivity index (χ0n) is 7.86. The highest BCUT2D eigenvalue weighted by atomic mass is 16.4. The van der Waals surface area contributed by atoms with Gasteiger partial charge in [0, 0.05) is 18.6 Å². The SMILES string of the molecule is CC1NCC2CCCN2C1C(=O)O. The first-order valence-electron chi connectivity index (χ1n) is 4.92. The Bertz CT molecular complexity index is 220. The molecule has 4 nitrogen and oxygen atoms in total. The Balaban J connectivity index is 2.15. The third-order valence-corrected chi connectivity index (χ3v) is 3.18. The number of fused-ring (bicyclic) bond motifs is 1. The number of piperazine rings is 1. The molecule has 0 saturated carbocycles. The van der Waals surface area contributed by atoms with E-state index in [0.717, 1.165) is 25.9 Å². The zero-order chi connectivity index (χ0) is 9.42. The summed E-state index contributed by atoms with van der Waals surface area (Å²) in [5, 5.41) is 12.3. The second-order valence-corrected chi connectivity index (χ2v) is 4.01. The molecular weight excluding hydrogens is 168 g/mol. The average molecular weight is 184 g/mol. The lowest BCUT2D eigenvalue weighted by atomic mass is 10.0. The summed E-state index contributed by atoms with van der Waals surface area (Å²) in [6.45, 7) is 3.85. The number of rotatable bonds is 1. The topological polar surface area (TPSA) is 52.6 Å². The third-order valence-electron chi connectivity index (χ3n) is 3.18. The van der Waals surface area contributed by atoms with Crippen LogP contribution < -0.4 is 5.32 Å². The molecule has 2 aliphatic rings. The van der Waals surface area contributed by atoms with Crippen molar-refractivity contribution in [3.8, 4) is 0 Å². The van der Waals surface area contributed by atoms with Gasteiger partial charge in [0.15, 0.2) is 0 Å². The zero-order valence-corrected chi connectivity index (χ0v) is 7.86. The molecule has 0 aromatic heterocycles. The van der Waals surface area contributed by atoms with Crippen molar-refractivity contribution in [1.29, 1.82) is 0 Å². The average Bonchev–Trinajstić information content (AvgIpc) is 2.50. The molecule has 3 unspecified atom stereocenters. The smallest absolute Gasteiger partial charge is 0.322 e. The Labute approximate surface area is 77.9 Å². The highest BCUT2D eigenvalue weighted by Crippen LogP contribution is 2.24.